The molecule has 0 spiro atoms. The second-order valence-corrected chi connectivity index (χ2v) is 8.06. The van der Waals surface area contributed by atoms with E-state index >= 15 is 0 Å². The van der Waals surface area contributed by atoms with E-state index in [1.54, 1.807) is 11.3 Å². The monoisotopic (exact) mass is 406 g/mol. The van der Waals surface area contributed by atoms with Gasteiger partial charge in [0.05, 0.1) is 27.7 Å². The molecule has 3 nitrogen and oxygen atoms in total. The van der Waals surface area contributed by atoms with Crippen molar-refractivity contribution in [2.24, 2.45) is 0 Å². The molecule has 0 aliphatic carbocycles. The van der Waals surface area contributed by atoms with Crippen molar-refractivity contribution in [2.75, 3.05) is 0 Å². The molecule has 0 bridgehead atoms. The molecule has 1 N–H and O–H groups in total. The Kier molecular flexibility index (Phi) is 5.16. The van der Waals surface area contributed by atoms with E-state index in [4.69, 9.17) is 16.6 Å². The number of carbonyl (C=O) groups excluding carboxylic acids is 1. The summed E-state index contributed by atoms with van der Waals surface area (Å²) in [6, 6.07) is 19.4. The molecule has 1 atom stereocenters. The number of nitrogens with zero attached hydrogens (tertiary/aromatic N) is 1. The van der Waals surface area contributed by atoms with E-state index in [1.165, 1.54) is 0 Å². The van der Waals surface area contributed by atoms with Crippen LogP contribution in [0.4, 0.5) is 0 Å². The quantitative estimate of drug-likeness (QED) is 0.425. The lowest BCUT2D eigenvalue weighted by atomic mass is 10.0. The number of carbonyl (C=O) groups is 1. The summed E-state index contributed by atoms with van der Waals surface area (Å²) in [5.41, 5.74) is 4.09. The highest BCUT2D eigenvalue weighted by Crippen LogP contribution is 2.32. The van der Waals surface area contributed by atoms with Crippen molar-refractivity contribution >= 4 is 39.7 Å². The molecular weight excluding hydrogens is 388 g/mol. The van der Waals surface area contributed by atoms with E-state index in [0.717, 1.165) is 32.6 Å². The van der Waals surface area contributed by atoms with Gasteiger partial charge < -0.3 is 5.32 Å². The fourth-order valence-corrected chi connectivity index (χ4v) is 4.08. The fraction of sp³-hybridized carbons (Fsp3) is 0.130. The highest BCUT2D eigenvalue weighted by atomic mass is 35.5. The minimum Gasteiger partial charge on any atom is -0.345 e. The average Bonchev–Trinajstić information content (AvgIpc) is 3.25. The summed E-state index contributed by atoms with van der Waals surface area (Å²) in [6.07, 6.45) is 0. The molecule has 4 aromatic rings. The lowest BCUT2D eigenvalue weighted by molar-refractivity contribution is 0.0941. The summed E-state index contributed by atoms with van der Waals surface area (Å²) in [4.78, 5) is 19.0. The smallest absolute Gasteiger partial charge is 0.252 e. The zero-order valence-corrected chi connectivity index (χ0v) is 17.1. The molecule has 2 heterocycles. The number of amides is 1. The maximum absolute atomic E-state index is 13.2. The first-order chi connectivity index (χ1) is 13.5. The first-order valence-electron chi connectivity index (χ1n) is 9.04. The van der Waals surface area contributed by atoms with Crippen molar-refractivity contribution in [1.29, 1.82) is 0 Å². The molecule has 0 saturated carbocycles. The number of halogens is 1. The third kappa shape index (κ3) is 3.53. The summed E-state index contributed by atoms with van der Waals surface area (Å²) in [5, 5.41) is 6.57. The molecule has 0 saturated heterocycles. The molecule has 0 fully saturated rings. The molecule has 2 aromatic heterocycles. The first-order valence-corrected chi connectivity index (χ1v) is 10.3. The van der Waals surface area contributed by atoms with Crippen LogP contribution in [-0.2, 0) is 0 Å². The van der Waals surface area contributed by atoms with E-state index in [0.29, 0.717) is 10.6 Å². The van der Waals surface area contributed by atoms with Gasteiger partial charge in [0, 0.05) is 10.4 Å². The Morgan fingerprint density at radius 3 is 2.61 bits per heavy atom. The summed E-state index contributed by atoms with van der Waals surface area (Å²) in [6.45, 7) is 3.92. The molecular formula is C23H19ClN2OS. The van der Waals surface area contributed by atoms with Gasteiger partial charge in [0.25, 0.3) is 5.91 Å². The number of hydrogen-bond donors (Lipinski definition) is 1. The highest BCUT2D eigenvalue weighted by Gasteiger charge is 2.18. The number of hydrogen-bond acceptors (Lipinski definition) is 3. The zero-order chi connectivity index (χ0) is 19.7. The lowest BCUT2D eigenvalue weighted by Gasteiger charge is -2.16. The van der Waals surface area contributed by atoms with Gasteiger partial charge in [-0.25, -0.2) is 4.98 Å². The molecule has 140 valence electrons. The predicted molar refractivity (Wildman–Crippen MR) is 117 cm³/mol. The van der Waals surface area contributed by atoms with Crippen LogP contribution in [0.25, 0.3) is 21.5 Å². The molecule has 28 heavy (non-hydrogen) atoms. The van der Waals surface area contributed by atoms with Gasteiger partial charge in [0.1, 0.15) is 0 Å². The van der Waals surface area contributed by atoms with Crippen molar-refractivity contribution in [3.63, 3.8) is 0 Å². The summed E-state index contributed by atoms with van der Waals surface area (Å²) < 4.78 is 0. The number of thiophene rings is 1. The van der Waals surface area contributed by atoms with Crippen molar-refractivity contribution < 1.29 is 4.79 Å². The molecule has 1 amide bonds. The first kappa shape index (κ1) is 18.7. The van der Waals surface area contributed by atoms with Crippen LogP contribution in [0.1, 0.15) is 34.5 Å². The van der Waals surface area contributed by atoms with E-state index in [-0.39, 0.29) is 11.9 Å². The maximum Gasteiger partial charge on any atom is 0.252 e. The molecule has 4 rings (SSSR count). The van der Waals surface area contributed by atoms with Gasteiger partial charge in [-0.3, -0.25) is 4.79 Å². The van der Waals surface area contributed by atoms with E-state index in [2.05, 4.69) is 5.32 Å². The van der Waals surface area contributed by atoms with Gasteiger partial charge in [-0.15, -0.1) is 11.3 Å². The number of benzene rings is 2. The lowest BCUT2D eigenvalue weighted by Crippen LogP contribution is -2.27. The predicted octanol–water partition coefficient (Wildman–Crippen LogP) is 6.42. The van der Waals surface area contributed by atoms with E-state index < -0.39 is 0 Å². The van der Waals surface area contributed by atoms with Crippen LogP contribution in [0.3, 0.4) is 0 Å². The molecule has 0 unspecified atom stereocenters. The summed E-state index contributed by atoms with van der Waals surface area (Å²) >= 11 is 7.92. The van der Waals surface area contributed by atoms with Gasteiger partial charge in [-0.2, -0.15) is 0 Å². The normalized spacial score (nSPS) is 12.1. The van der Waals surface area contributed by atoms with Crippen LogP contribution in [-0.4, -0.2) is 10.9 Å². The molecule has 0 aliphatic heterocycles. The van der Waals surface area contributed by atoms with Crippen LogP contribution in [0.5, 0.6) is 0 Å². The average molecular weight is 407 g/mol. The van der Waals surface area contributed by atoms with Crippen LogP contribution >= 0.6 is 22.9 Å². The minimum absolute atomic E-state index is 0.101. The van der Waals surface area contributed by atoms with Crippen molar-refractivity contribution in [3.05, 3.63) is 87.8 Å². The summed E-state index contributed by atoms with van der Waals surface area (Å²) in [5.74, 6) is -0.122. The number of nitrogens with one attached hydrogen (secondary N) is 1. The fourth-order valence-electron chi connectivity index (χ4n) is 3.24. The maximum atomic E-state index is 13.2. The number of pyridine rings is 1. The van der Waals surface area contributed by atoms with Gasteiger partial charge in [0.15, 0.2) is 0 Å². The Hall–Kier alpha value is -2.69. The Bertz CT molecular complexity index is 1140. The topological polar surface area (TPSA) is 42.0 Å². The van der Waals surface area contributed by atoms with Crippen LogP contribution in [0, 0.1) is 6.92 Å². The molecule has 0 radical (unpaired) electrons. The van der Waals surface area contributed by atoms with Gasteiger partial charge >= 0.3 is 0 Å². The highest BCUT2D eigenvalue weighted by molar-refractivity contribution is 7.13. The van der Waals surface area contributed by atoms with Crippen molar-refractivity contribution in [3.8, 4) is 10.6 Å². The number of aromatic nitrogens is 1. The standard InChI is InChI=1S/C23H19ClN2OS/c1-14-19(24)11-10-17-18(13-20(26-22(14)17)21-9-6-12-28-21)23(27)25-15(2)16-7-4-3-5-8-16/h3-13,15H,1-2H3,(H,25,27)/t15-/m0/s1. The number of aryl methyl sites for hydroxylation is 1. The van der Waals surface area contributed by atoms with Gasteiger partial charge in [0.2, 0.25) is 0 Å². The second-order valence-electron chi connectivity index (χ2n) is 6.71. The van der Waals surface area contributed by atoms with E-state index in [9.17, 15) is 4.79 Å². The molecule has 2 aromatic carbocycles. The minimum atomic E-state index is -0.122. The van der Waals surface area contributed by atoms with Crippen molar-refractivity contribution in [1.82, 2.24) is 10.3 Å². The van der Waals surface area contributed by atoms with Crippen LogP contribution in [0.15, 0.2) is 66.0 Å². The number of rotatable bonds is 4. The Morgan fingerprint density at radius 1 is 1.11 bits per heavy atom. The Balaban J connectivity index is 1.81. The van der Waals surface area contributed by atoms with Crippen LogP contribution < -0.4 is 5.32 Å². The van der Waals surface area contributed by atoms with Crippen LogP contribution in [0.2, 0.25) is 5.02 Å². The third-order valence-electron chi connectivity index (χ3n) is 4.83. The Morgan fingerprint density at radius 2 is 1.89 bits per heavy atom. The third-order valence-corrected chi connectivity index (χ3v) is 6.14. The molecule has 0 aliphatic rings. The zero-order valence-electron chi connectivity index (χ0n) is 15.6. The number of fused-ring (bicyclic) bond motifs is 1. The SMILES string of the molecule is Cc1c(Cl)ccc2c(C(=O)N[C@@H](C)c3ccccc3)cc(-c3cccs3)nc12. The summed E-state index contributed by atoms with van der Waals surface area (Å²) in [7, 11) is 0. The molecule has 5 heteroatoms. The second kappa shape index (κ2) is 7.74. The largest absolute Gasteiger partial charge is 0.345 e. The van der Waals surface area contributed by atoms with Gasteiger partial charge in [-0.05, 0) is 48.6 Å². The van der Waals surface area contributed by atoms with E-state index in [1.807, 2.05) is 79.9 Å². The Labute approximate surface area is 173 Å². The van der Waals surface area contributed by atoms with Gasteiger partial charge in [-0.1, -0.05) is 54.1 Å². The van der Waals surface area contributed by atoms with Crippen molar-refractivity contribution in [2.45, 2.75) is 19.9 Å².